The van der Waals surface area contributed by atoms with Crippen LogP contribution in [0.1, 0.15) is 47.5 Å². The molecule has 0 nitrogen and oxygen atoms in total. The smallest absolute Gasteiger partial charge is 0.104 e. The van der Waals surface area contributed by atoms with Crippen LogP contribution in [-0.4, -0.2) is 6.17 Å². The van der Waals surface area contributed by atoms with E-state index in [9.17, 15) is 4.39 Å². The average Bonchev–Trinajstić information content (AvgIpc) is 2.24. The summed E-state index contributed by atoms with van der Waals surface area (Å²) in [4.78, 5) is 0. The second-order valence-corrected chi connectivity index (χ2v) is 4.63. The lowest BCUT2D eigenvalue weighted by Crippen LogP contribution is -2.03. The maximum absolute atomic E-state index is 13.3. The third kappa shape index (κ3) is 4.78. The second kappa shape index (κ2) is 7.43. The highest BCUT2D eigenvalue weighted by Crippen LogP contribution is 2.25. The van der Waals surface area contributed by atoms with Crippen molar-refractivity contribution >= 4 is 0 Å². The molecule has 92 valence electrons. The Balaban J connectivity index is 4.95. The number of rotatable bonds is 6. The summed E-state index contributed by atoms with van der Waals surface area (Å²) in [5.41, 5.74) is 3.62. The van der Waals surface area contributed by atoms with Gasteiger partial charge in [-0.1, -0.05) is 45.1 Å². The predicted molar refractivity (Wildman–Crippen MR) is 71.3 cm³/mol. The summed E-state index contributed by atoms with van der Waals surface area (Å²) in [7, 11) is 0. The predicted octanol–water partition coefficient (Wildman–Crippen LogP) is 5.23. The Hall–Kier alpha value is -0.850. The van der Waals surface area contributed by atoms with Gasteiger partial charge in [0.2, 0.25) is 0 Å². The van der Waals surface area contributed by atoms with Gasteiger partial charge in [-0.2, -0.15) is 0 Å². The average molecular weight is 224 g/mol. The summed E-state index contributed by atoms with van der Waals surface area (Å²) in [5.74, 6) is 0.452. The van der Waals surface area contributed by atoms with Crippen LogP contribution in [-0.2, 0) is 0 Å². The largest absolute Gasteiger partial charge is 0.247 e. The van der Waals surface area contributed by atoms with Crippen molar-refractivity contribution in [2.24, 2.45) is 5.92 Å². The highest BCUT2D eigenvalue weighted by Gasteiger charge is 2.11. The molecule has 16 heavy (non-hydrogen) atoms. The third-order valence-electron chi connectivity index (χ3n) is 2.96. The van der Waals surface area contributed by atoms with Gasteiger partial charge in [0.1, 0.15) is 6.17 Å². The Morgan fingerprint density at radius 1 is 1.31 bits per heavy atom. The fourth-order valence-corrected chi connectivity index (χ4v) is 1.75. The fourth-order valence-electron chi connectivity index (χ4n) is 1.75. The van der Waals surface area contributed by atoms with Crippen LogP contribution in [0.3, 0.4) is 0 Å². The van der Waals surface area contributed by atoms with E-state index in [1.54, 1.807) is 6.08 Å². The molecular weight excluding hydrogens is 199 g/mol. The van der Waals surface area contributed by atoms with Gasteiger partial charge in [-0.15, -0.1) is 0 Å². The van der Waals surface area contributed by atoms with E-state index in [2.05, 4.69) is 27.4 Å². The van der Waals surface area contributed by atoms with Gasteiger partial charge in [-0.3, -0.25) is 0 Å². The number of halogens is 1. The molecule has 0 aliphatic heterocycles. The number of allylic oxidation sites excluding steroid dienone is 5. The maximum atomic E-state index is 13.3. The van der Waals surface area contributed by atoms with E-state index in [1.165, 1.54) is 11.1 Å². The topological polar surface area (TPSA) is 0 Å². The molecule has 0 radical (unpaired) electrons. The van der Waals surface area contributed by atoms with Crippen LogP contribution in [0.5, 0.6) is 0 Å². The molecule has 0 aliphatic carbocycles. The lowest BCUT2D eigenvalue weighted by Gasteiger charge is -2.16. The van der Waals surface area contributed by atoms with Crippen LogP contribution in [0.15, 0.2) is 35.5 Å². The molecule has 0 bridgehead atoms. The lowest BCUT2D eigenvalue weighted by molar-refractivity contribution is 0.322. The summed E-state index contributed by atoms with van der Waals surface area (Å²) in [6.45, 7) is 14.0. The van der Waals surface area contributed by atoms with Gasteiger partial charge in [0.15, 0.2) is 0 Å². The molecule has 1 unspecified atom stereocenters. The van der Waals surface area contributed by atoms with Crippen molar-refractivity contribution in [3.8, 4) is 0 Å². The highest BCUT2D eigenvalue weighted by atomic mass is 19.1. The van der Waals surface area contributed by atoms with Crippen molar-refractivity contribution in [2.45, 2.75) is 53.6 Å². The zero-order valence-electron chi connectivity index (χ0n) is 11.3. The van der Waals surface area contributed by atoms with Crippen molar-refractivity contribution in [3.05, 3.63) is 35.5 Å². The van der Waals surface area contributed by atoms with Gasteiger partial charge in [0, 0.05) is 0 Å². The number of alkyl halides is 1. The van der Waals surface area contributed by atoms with Gasteiger partial charge >= 0.3 is 0 Å². The van der Waals surface area contributed by atoms with Crippen molar-refractivity contribution in [1.82, 2.24) is 0 Å². The van der Waals surface area contributed by atoms with Crippen molar-refractivity contribution < 1.29 is 4.39 Å². The van der Waals surface area contributed by atoms with E-state index in [-0.39, 0.29) is 0 Å². The minimum Gasteiger partial charge on any atom is -0.247 e. The first-order valence-corrected chi connectivity index (χ1v) is 6.07. The van der Waals surface area contributed by atoms with E-state index in [4.69, 9.17) is 0 Å². The Morgan fingerprint density at radius 3 is 2.25 bits per heavy atom. The van der Waals surface area contributed by atoms with Crippen LogP contribution in [0.2, 0.25) is 0 Å². The monoisotopic (exact) mass is 224 g/mol. The van der Waals surface area contributed by atoms with E-state index in [0.717, 1.165) is 5.57 Å². The van der Waals surface area contributed by atoms with E-state index >= 15 is 0 Å². The zero-order chi connectivity index (χ0) is 12.7. The van der Waals surface area contributed by atoms with Gasteiger partial charge in [-0.25, -0.2) is 4.39 Å². The molecule has 0 saturated heterocycles. The normalized spacial score (nSPS) is 16.1. The Kier molecular flexibility index (Phi) is 7.03. The van der Waals surface area contributed by atoms with Gasteiger partial charge in [-0.05, 0) is 43.8 Å². The highest BCUT2D eigenvalue weighted by molar-refractivity contribution is 5.36. The van der Waals surface area contributed by atoms with Crippen LogP contribution < -0.4 is 0 Å². The van der Waals surface area contributed by atoms with Crippen LogP contribution in [0, 0.1) is 5.92 Å². The summed E-state index contributed by atoms with van der Waals surface area (Å²) in [5, 5.41) is 0. The first-order valence-electron chi connectivity index (χ1n) is 6.07. The zero-order valence-corrected chi connectivity index (χ0v) is 11.3. The first kappa shape index (κ1) is 15.2. The molecule has 0 aliphatic rings. The number of hydrogen-bond acceptors (Lipinski definition) is 0. The minimum atomic E-state index is -0.716. The maximum Gasteiger partial charge on any atom is 0.104 e. The molecule has 0 N–H and O–H groups in total. The van der Waals surface area contributed by atoms with E-state index < -0.39 is 6.17 Å². The SMILES string of the molecule is C=C/C=C(\C(C)=C(/C)CC(F)CC)C(C)C. The Morgan fingerprint density at radius 2 is 1.88 bits per heavy atom. The molecule has 1 heteroatoms. The molecule has 1 atom stereocenters. The summed E-state index contributed by atoms with van der Waals surface area (Å²) < 4.78 is 13.3. The standard InChI is InChI=1S/C15H25F/c1-7-9-15(11(3)4)13(6)12(5)10-14(16)8-2/h7,9,11,14H,1,8,10H2,2-6H3/b13-12+,15-9-. The van der Waals surface area contributed by atoms with Crippen LogP contribution in [0.4, 0.5) is 4.39 Å². The molecule has 0 aromatic rings. The first-order chi connectivity index (χ1) is 7.43. The molecule has 0 saturated carbocycles. The molecule has 0 heterocycles. The summed E-state index contributed by atoms with van der Waals surface area (Å²) >= 11 is 0. The summed E-state index contributed by atoms with van der Waals surface area (Å²) in [6, 6.07) is 0. The molecule has 0 fully saturated rings. The van der Waals surface area contributed by atoms with Crippen LogP contribution >= 0.6 is 0 Å². The van der Waals surface area contributed by atoms with Gasteiger partial charge in [0.05, 0.1) is 0 Å². The van der Waals surface area contributed by atoms with E-state index in [1.807, 2.05) is 19.9 Å². The Bertz CT molecular complexity index is 282. The molecule has 0 aromatic carbocycles. The third-order valence-corrected chi connectivity index (χ3v) is 2.96. The van der Waals surface area contributed by atoms with Crippen molar-refractivity contribution in [2.75, 3.05) is 0 Å². The fraction of sp³-hybridized carbons (Fsp3) is 0.600. The van der Waals surface area contributed by atoms with Crippen molar-refractivity contribution in [1.29, 1.82) is 0 Å². The molecule has 0 spiro atoms. The lowest BCUT2D eigenvalue weighted by atomic mass is 9.91. The quantitative estimate of drug-likeness (QED) is 0.542. The van der Waals surface area contributed by atoms with E-state index in [0.29, 0.717) is 18.8 Å². The van der Waals surface area contributed by atoms with Gasteiger partial charge < -0.3 is 0 Å². The molecule has 0 aromatic heterocycles. The molecule has 0 amide bonds. The van der Waals surface area contributed by atoms with Crippen molar-refractivity contribution in [3.63, 3.8) is 0 Å². The van der Waals surface area contributed by atoms with Gasteiger partial charge in [0.25, 0.3) is 0 Å². The number of hydrogen-bond donors (Lipinski definition) is 0. The molecule has 0 rings (SSSR count). The molecular formula is C15H25F. The van der Waals surface area contributed by atoms with Crippen LogP contribution in [0.25, 0.3) is 0 Å². The Labute approximate surface area is 99.9 Å². The second-order valence-electron chi connectivity index (χ2n) is 4.63. The summed E-state index contributed by atoms with van der Waals surface area (Å²) in [6.07, 6.45) is 4.25. The minimum absolute atomic E-state index is 0.452.